The van der Waals surface area contributed by atoms with E-state index in [-0.39, 0.29) is 23.7 Å². The zero-order valence-corrected chi connectivity index (χ0v) is 11.5. The van der Waals surface area contributed by atoms with Gasteiger partial charge >= 0.3 is 6.18 Å². The van der Waals surface area contributed by atoms with Crippen molar-refractivity contribution in [1.82, 2.24) is 9.78 Å². The van der Waals surface area contributed by atoms with Gasteiger partial charge in [0.25, 0.3) is 0 Å². The predicted molar refractivity (Wildman–Crippen MR) is 64.9 cm³/mol. The van der Waals surface area contributed by atoms with Crippen LogP contribution in [-0.4, -0.2) is 48.7 Å². The largest absolute Gasteiger partial charge is 0.411 e. The van der Waals surface area contributed by atoms with Gasteiger partial charge < -0.3 is 9.47 Å². The number of hydrogen-bond donors (Lipinski definition) is 0. The molecule has 20 heavy (non-hydrogen) atoms. The van der Waals surface area contributed by atoms with Crippen LogP contribution in [0.4, 0.5) is 13.2 Å². The van der Waals surface area contributed by atoms with Crippen LogP contribution >= 0.6 is 11.6 Å². The molecule has 5 nitrogen and oxygen atoms in total. The first-order valence-electron chi connectivity index (χ1n) is 5.73. The molecule has 0 fully saturated rings. The highest BCUT2D eigenvalue weighted by Gasteiger charge is 2.27. The van der Waals surface area contributed by atoms with Gasteiger partial charge in [0.2, 0.25) is 0 Å². The molecule has 0 spiro atoms. The zero-order valence-electron chi connectivity index (χ0n) is 10.7. The van der Waals surface area contributed by atoms with E-state index in [9.17, 15) is 18.0 Å². The molecular formula is C11H14ClF3N2O3. The van der Waals surface area contributed by atoms with Gasteiger partial charge in [-0.1, -0.05) is 11.6 Å². The Morgan fingerprint density at radius 1 is 1.45 bits per heavy atom. The third kappa shape index (κ3) is 5.48. The maximum Gasteiger partial charge on any atom is 0.411 e. The van der Waals surface area contributed by atoms with Crippen LogP contribution < -0.4 is 0 Å². The number of carbonyl (C=O) groups is 1. The smallest absolute Gasteiger partial charge is 0.383 e. The number of Topliss-reactive ketones (excluding diaryl/α,β-unsaturated/α-hetero) is 1. The molecule has 1 aromatic heterocycles. The first kappa shape index (κ1) is 16.9. The lowest BCUT2D eigenvalue weighted by Gasteiger charge is -2.08. The van der Waals surface area contributed by atoms with Crippen molar-refractivity contribution >= 4 is 17.4 Å². The first-order chi connectivity index (χ1) is 9.35. The van der Waals surface area contributed by atoms with E-state index in [0.29, 0.717) is 13.2 Å². The van der Waals surface area contributed by atoms with Gasteiger partial charge in [0.05, 0.1) is 31.0 Å². The molecule has 0 aliphatic rings. The molecule has 114 valence electrons. The van der Waals surface area contributed by atoms with Gasteiger partial charge in [-0.25, -0.2) is 0 Å². The third-order valence-corrected chi connectivity index (χ3v) is 2.58. The van der Waals surface area contributed by atoms with Crippen LogP contribution in [0.1, 0.15) is 16.9 Å². The highest BCUT2D eigenvalue weighted by atomic mass is 35.5. The normalized spacial score (nSPS) is 11.8. The monoisotopic (exact) mass is 314 g/mol. The van der Waals surface area contributed by atoms with E-state index in [2.05, 4.69) is 9.84 Å². The second kappa shape index (κ2) is 7.61. The van der Waals surface area contributed by atoms with E-state index >= 15 is 0 Å². The lowest BCUT2D eigenvalue weighted by molar-refractivity contribution is -0.173. The summed E-state index contributed by atoms with van der Waals surface area (Å²) in [7, 11) is 1.50. The number of alkyl halides is 3. The average molecular weight is 315 g/mol. The van der Waals surface area contributed by atoms with E-state index in [4.69, 9.17) is 16.3 Å². The molecule has 0 radical (unpaired) electrons. The van der Waals surface area contributed by atoms with Crippen LogP contribution in [0.25, 0.3) is 0 Å². The molecule has 1 heterocycles. The SMILES string of the molecule is COCCn1ncc(Cl)c1C(=O)CCOCC(F)(F)F. The molecule has 0 saturated carbocycles. The Hall–Kier alpha value is -1.12. The molecule has 0 saturated heterocycles. The molecule has 0 aromatic carbocycles. The fourth-order valence-corrected chi connectivity index (χ4v) is 1.70. The average Bonchev–Trinajstić information content (AvgIpc) is 2.72. The summed E-state index contributed by atoms with van der Waals surface area (Å²) >= 11 is 5.84. The van der Waals surface area contributed by atoms with Crippen molar-refractivity contribution in [2.24, 2.45) is 0 Å². The number of hydrogen-bond acceptors (Lipinski definition) is 4. The molecule has 0 aliphatic carbocycles. The van der Waals surface area contributed by atoms with Crippen LogP contribution in [0.2, 0.25) is 5.02 Å². The van der Waals surface area contributed by atoms with Gasteiger partial charge in [-0.15, -0.1) is 0 Å². The number of halogens is 4. The molecular weight excluding hydrogens is 301 g/mol. The molecule has 1 aromatic rings. The van der Waals surface area contributed by atoms with Crippen molar-refractivity contribution in [3.8, 4) is 0 Å². The van der Waals surface area contributed by atoms with Crippen molar-refractivity contribution in [2.45, 2.75) is 19.1 Å². The Bertz CT molecular complexity index is 449. The molecule has 0 unspecified atom stereocenters. The van der Waals surface area contributed by atoms with Crippen LogP contribution in [0.15, 0.2) is 6.20 Å². The van der Waals surface area contributed by atoms with Crippen LogP contribution in [0.3, 0.4) is 0 Å². The fraction of sp³-hybridized carbons (Fsp3) is 0.636. The molecule has 0 aliphatic heterocycles. The number of rotatable bonds is 8. The summed E-state index contributed by atoms with van der Waals surface area (Å²) in [5.41, 5.74) is 0.152. The maximum absolute atomic E-state index is 11.9. The summed E-state index contributed by atoms with van der Waals surface area (Å²) < 4.78 is 46.2. The number of aromatic nitrogens is 2. The van der Waals surface area contributed by atoms with Gasteiger partial charge in [-0.05, 0) is 0 Å². The molecule has 0 amide bonds. The predicted octanol–water partition coefficient (Wildman–Crippen LogP) is 2.33. The van der Waals surface area contributed by atoms with E-state index in [1.54, 1.807) is 0 Å². The number of carbonyl (C=O) groups excluding carboxylic acids is 1. The zero-order chi connectivity index (χ0) is 15.2. The van der Waals surface area contributed by atoms with E-state index in [1.165, 1.54) is 18.0 Å². The van der Waals surface area contributed by atoms with E-state index in [1.807, 2.05) is 0 Å². The molecule has 0 bridgehead atoms. The van der Waals surface area contributed by atoms with Crippen LogP contribution in [-0.2, 0) is 16.0 Å². The highest BCUT2D eigenvalue weighted by Crippen LogP contribution is 2.18. The van der Waals surface area contributed by atoms with Gasteiger partial charge in [0.15, 0.2) is 5.78 Å². The number of methoxy groups -OCH3 is 1. The minimum Gasteiger partial charge on any atom is -0.383 e. The lowest BCUT2D eigenvalue weighted by atomic mass is 10.2. The Morgan fingerprint density at radius 2 is 2.15 bits per heavy atom. The number of ketones is 1. The van der Waals surface area contributed by atoms with Gasteiger partial charge in [-0.3, -0.25) is 9.48 Å². The molecule has 0 N–H and O–H groups in total. The lowest BCUT2D eigenvalue weighted by Crippen LogP contribution is -2.19. The van der Waals surface area contributed by atoms with Crippen molar-refractivity contribution in [2.75, 3.05) is 26.9 Å². The first-order valence-corrected chi connectivity index (χ1v) is 6.11. The minimum atomic E-state index is -4.40. The summed E-state index contributed by atoms with van der Waals surface area (Å²) in [6.07, 6.45) is -3.30. The summed E-state index contributed by atoms with van der Waals surface area (Å²) in [5.74, 6) is -0.425. The Morgan fingerprint density at radius 3 is 2.75 bits per heavy atom. The second-order valence-corrected chi connectivity index (χ2v) is 4.31. The van der Waals surface area contributed by atoms with Gasteiger partial charge in [-0.2, -0.15) is 18.3 Å². The van der Waals surface area contributed by atoms with E-state index < -0.39 is 18.6 Å². The van der Waals surface area contributed by atoms with Gasteiger partial charge in [0.1, 0.15) is 12.3 Å². The molecule has 9 heteroatoms. The summed E-state index contributed by atoms with van der Waals surface area (Å²) in [6.45, 7) is -1.04. The summed E-state index contributed by atoms with van der Waals surface area (Å²) in [4.78, 5) is 11.9. The molecule has 1 rings (SSSR count). The van der Waals surface area contributed by atoms with Crippen molar-refractivity contribution in [3.63, 3.8) is 0 Å². The quantitative estimate of drug-likeness (QED) is 0.546. The van der Waals surface area contributed by atoms with Crippen molar-refractivity contribution in [1.29, 1.82) is 0 Å². The Balaban J connectivity index is 2.52. The van der Waals surface area contributed by atoms with Crippen molar-refractivity contribution < 1.29 is 27.4 Å². The van der Waals surface area contributed by atoms with Crippen LogP contribution in [0.5, 0.6) is 0 Å². The number of ether oxygens (including phenoxy) is 2. The highest BCUT2D eigenvalue weighted by molar-refractivity contribution is 6.33. The Kier molecular flexibility index (Phi) is 6.44. The molecule has 0 atom stereocenters. The topological polar surface area (TPSA) is 53.4 Å². The van der Waals surface area contributed by atoms with Crippen LogP contribution in [0, 0.1) is 0 Å². The third-order valence-electron chi connectivity index (χ3n) is 2.31. The number of nitrogens with zero attached hydrogens (tertiary/aromatic N) is 2. The maximum atomic E-state index is 11.9. The van der Waals surface area contributed by atoms with E-state index in [0.717, 1.165) is 0 Å². The van der Waals surface area contributed by atoms with Gasteiger partial charge in [0, 0.05) is 13.5 Å². The summed E-state index contributed by atoms with van der Waals surface area (Å²) in [6, 6.07) is 0. The fourth-order valence-electron chi connectivity index (χ4n) is 1.46. The standard InChI is InChI=1S/C11H14ClF3N2O3/c1-19-5-3-17-10(8(12)6-16-17)9(18)2-4-20-7-11(13,14)15/h6H,2-5,7H2,1H3. The van der Waals surface area contributed by atoms with Crippen molar-refractivity contribution in [3.05, 3.63) is 16.9 Å². The second-order valence-electron chi connectivity index (χ2n) is 3.90. The summed E-state index contributed by atoms with van der Waals surface area (Å²) in [5, 5.41) is 4.06. The Labute approximate surface area is 118 Å². The minimum absolute atomic E-state index is 0.152.